The van der Waals surface area contributed by atoms with Crippen LogP contribution in [0.5, 0.6) is 23.0 Å². The van der Waals surface area contributed by atoms with Crippen molar-refractivity contribution in [1.29, 1.82) is 0 Å². The van der Waals surface area contributed by atoms with E-state index in [-0.39, 0.29) is 28.0 Å². The number of aromatic nitrogens is 1. The number of nitrogens with zero attached hydrogens (tertiary/aromatic N) is 1. The van der Waals surface area contributed by atoms with Crippen molar-refractivity contribution < 1.29 is 33.7 Å². The number of hydrogen-bond acceptors (Lipinski definition) is 8. The third-order valence-electron chi connectivity index (χ3n) is 7.47. The van der Waals surface area contributed by atoms with Crippen molar-refractivity contribution in [1.82, 2.24) is 4.98 Å². The lowest BCUT2D eigenvalue weighted by molar-refractivity contribution is 0.0693. The molecule has 0 saturated carbocycles. The van der Waals surface area contributed by atoms with Gasteiger partial charge >= 0.3 is 12.0 Å². The first-order valence-corrected chi connectivity index (χ1v) is 14.8. The number of primary amides is 1. The first-order valence-electron chi connectivity index (χ1n) is 14.8. The Bertz CT molecular complexity index is 2040. The fourth-order valence-electron chi connectivity index (χ4n) is 5.07. The molecule has 0 aliphatic heterocycles. The van der Waals surface area contributed by atoms with Gasteiger partial charge in [0.2, 0.25) is 0 Å². The second-order valence-electron chi connectivity index (χ2n) is 11.8. The summed E-state index contributed by atoms with van der Waals surface area (Å²) in [6.45, 7) is 5.96. The monoisotopic (exact) mass is 649 g/mol. The number of rotatable bonds is 10. The lowest BCUT2D eigenvalue weighted by Gasteiger charge is -2.23. The number of nitrogens with two attached hydrogens (primary N) is 1. The molecule has 5 aromatic rings. The number of ether oxygens (including phenoxy) is 3. The molecule has 3 amide bonds. The predicted octanol–water partition coefficient (Wildman–Crippen LogP) is 7.53. The summed E-state index contributed by atoms with van der Waals surface area (Å²) in [6.07, 6.45) is 1.58. The highest BCUT2D eigenvalue weighted by atomic mass is 16.5. The first kappa shape index (κ1) is 33.1. The maximum absolute atomic E-state index is 13.3. The summed E-state index contributed by atoms with van der Waals surface area (Å²) < 4.78 is 16.9. The van der Waals surface area contributed by atoms with Crippen LogP contribution in [0.15, 0.2) is 85.1 Å². The largest absolute Gasteiger partial charge is 0.496 e. The maximum Gasteiger partial charge on any atom is 0.339 e. The topological polar surface area (TPSA) is 174 Å². The van der Waals surface area contributed by atoms with Gasteiger partial charge in [0.1, 0.15) is 28.6 Å². The summed E-state index contributed by atoms with van der Waals surface area (Å²) in [5, 5.41) is 19.7. The zero-order valence-corrected chi connectivity index (χ0v) is 27.0. The Hall–Kier alpha value is -6.30. The number of amides is 3. The molecule has 0 bridgehead atoms. The van der Waals surface area contributed by atoms with Crippen molar-refractivity contribution in [2.45, 2.75) is 26.2 Å². The summed E-state index contributed by atoms with van der Waals surface area (Å²) >= 11 is 0. The molecule has 0 aliphatic carbocycles. The maximum atomic E-state index is 13.3. The molecule has 0 saturated heterocycles. The Morgan fingerprint density at radius 2 is 1.52 bits per heavy atom. The van der Waals surface area contributed by atoms with Crippen LogP contribution in [-0.2, 0) is 5.41 Å². The van der Waals surface area contributed by atoms with Gasteiger partial charge in [-0.3, -0.25) is 4.79 Å². The number of hydrogen-bond donors (Lipinski definition) is 5. The number of anilines is 4. The number of nitrogens with one attached hydrogen (secondary N) is 3. The molecule has 246 valence electrons. The molecule has 5 rings (SSSR count). The third-order valence-corrected chi connectivity index (χ3v) is 7.47. The van der Waals surface area contributed by atoms with Gasteiger partial charge in [0, 0.05) is 34.8 Å². The van der Waals surface area contributed by atoms with E-state index < -0.39 is 17.9 Å². The van der Waals surface area contributed by atoms with E-state index >= 15 is 0 Å². The molecular formula is C36H35N5O7. The van der Waals surface area contributed by atoms with Crippen LogP contribution in [0.4, 0.5) is 27.7 Å². The number of carboxylic acid groups (broad SMARTS) is 1. The van der Waals surface area contributed by atoms with Gasteiger partial charge in [-0.2, -0.15) is 0 Å². The Morgan fingerprint density at radius 3 is 2.19 bits per heavy atom. The van der Waals surface area contributed by atoms with Crippen molar-refractivity contribution in [2.24, 2.45) is 5.73 Å². The average molecular weight is 650 g/mol. The molecule has 4 aromatic carbocycles. The van der Waals surface area contributed by atoms with E-state index in [2.05, 4.69) is 20.9 Å². The van der Waals surface area contributed by atoms with Crippen LogP contribution >= 0.6 is 0 Å². The second-order valence-corrected chi connectivity index (χ2v) is 11.8. The number of pyridine rings is 1. The Balaban J connectivity index is 1.38. The first-order chi connectivity index (χ1) is 22.9. The zero-order valence-electron chi connectivity index (χ0n) is 27.0. The van der Waals surface area contributed by atoms with Gasteiger partial charge in [0.15, 0.2) is 5.75 Å². The molecule has 0 unspecified atom stereocenters. The molecule has 1 heterocycles. The van der Waals surface area contributed by atoms with Gasteiger partial charge in [-0.15, -0.1) is 0 Å². The van der Waals surface area contributed by atoms with Crippen molar-refractivity contribution in [3.63, 3.8) is 0 Å². The number of methoxy groups -OCH3 is 2. The van der Waals surface area contributed by atoms with Crippen LogP contribution in [-0.4, -0.2) is 42.2 Å². The summed E-state index contributed by atoms with van der Waals surface area (Å²) in [5.41, 5.74) is 7.71. The highest BCUT2D eigenvalue weighted by Gasteiger charge is 2.23. The molecule has 48 heavy (non-hydrogen) atoms. The van der Waals surface area contributed by atoms with Crippen LogP contribution in [0.25, 0.3) is 10.8 Å². The molecular weight excluding hydrogens is 614 g/mol. The number of fused-ring (bicyclic) bond motifs is 1. The van der Waals surface area contributed by atoms with Gasteiger partial charge < -0.3 is 41.0 Å². The minimum absolute atomic E-state index is 0.0436. The number of carbonyl (C=O) groups excluding carboxylic acids is 2. The second kappa shape index (κ2) is 13.6. The van der Waals surface area contributed by atoms with Crippen molar-refractivity contribution in [3.8, 4) is 23.0 Å². The molecule has 6 N–H and O–H groups in total. The van der Waals surface area contributed by atoms with Gasteiger partial charge in [-0.1, -0.05) is 45.0 Å². The van der Waals surface area contributed by atoms with Crippen LogP contribution in [0.1, 0.15) is 47.1 Å². The normalized spacial score (nSPS) is 11.0. The highest BCUT2D eigenvalue weighted by molar-refractivity contribution is 6.09. The molecule has 1 aromatic heterocycles. The molecule has 12 nitrogen and oxygen atoms in total. The van der Waals surface area contributed by atoms with Crippen LogP contribution in [0.3, 0.4) is 0 Å². The van der Waals surface area contributed by atoms with Gasteiger partial charge in [-0.05, 0) is 53.4 Å². The minimum atomic E-state index is -1.09. The van der Waals surface area contributed by atoms with Gasteiger partial charge in [0.25, 0.3) is 5.91 Å². The molecule has 0 atom stereocenters. The smallest absolute Gasteiger partial charge is 0.339 e. The van der Waals surface area contributed by atoms with Crippen LogP contribution < -0.4 is 35.9 Å². The van der Waals surface area contributed by atoms with E-state index in [0.717, 1.165) is 16.3 Å². The van der Waals surface area contributed by atoms with Crippen molar-refractivity contribution >= 4 is 51.6 Å². The van der Waals surface area contributed by atoms with Crippen LogP contribution in [0, 0.1) is 0 Å². The quantitative estimate of drug-likeness (QED) is 0.102. The summed E-state index contributed by atoms with van der Waals surface area (Å²) in [6, 6.07) is 21.8. The Labute approximate surface area is 276 Å². The number of benzene rings is 4. The molecule has 0 fully saturated rings. The van der Waals surface area contributed by atoms with E-state index in [0.29, 0.717) is 34.4 Å². The van der Waals surface area contributed by atoms with Crippen molar-refractivity contribution in [3.05, 3.63) is 102 Å². The minimum Gasteiger partial charge on any atom is -0.496 e. The molecule has 12 heteroatoms. The van der Waals surface area contributed by atoms with Gasteiger partial charge in [0.05, 0.1) is 31.2 Å². The average Bonchev–Trinajstić information content (AvgIpc) is 3.05. The van der Waals surface area contributed by atoms with E-state index in [1.54, 1.807) is 54.7 Å². The van der Waals surface area contributed by atoms with E-state index in [4.69, 9.17) is 19.9 Å². The Morgan fingerprint density at radius 1 is 0.792 bits per heavy atom. The zero-order chi connectivity index (χ0) is 34.6. The summed E-state index contributed by atoms with van der Waals surface area (Å²) in [4.78, 5) is 41.3. The number of carbonyl (C=O) groups is 3. The van der Waals surface area contributed by atoms with Crippen molar-refractivity contribution in [2.75, 3.05) is 30.2 Å². The highest BCUT2D eigenvalue weighted by Crippen LogP contribution is 2.37. The van der Waals surface area contributed by atoms with E-state index in [1.807, 2.05) is 45.0 Å². The van der Waals surface area contributed by atoms with E-state index in [9.17, 15) is 19.5 Å². The lowest BCUT2D eigenvalue weighted by atomic mass is 9.85. The van der Waals surface area contributed by atoms with Gasteiger partial charge in [-0.25, -0.2) is 14.6 Å². The lowest BCUT2D eigenvalue weighted by Crippen LogP contribution is -2.23. The van der Waals surface area contributed by atoms with Crippen LogP contribution in [0.2, 0.25) is 0 Å². The standard InChI is InChI=1S/C36H35N5O7/c1-36(2,3)20-16-26(33(37)42)32(47-5)28(17-20)41-35(45)40-27-12-13-29(24-9-7-6-8-23(24)27)48-22-14-15-38-31(19-22)39-21-10-11-25(34(43)44)30(18-21)46-4/h6-19H,1-5H3,(H2,37,42)(H,38,39)(H,43,44)(H2,40,41,45). The number of carboxylic acids is 1. The van der Waals surface area contributed by atoms with E-state index in [1.165, 1.54) is 20.3 Å². The summed E-state index contributed by atoms with van der Waals surface area (Å²) in [5.74, 6) is 0.0970. The molecule has 0 spiro atoms. The summed E-state index contributed by atoms with van der Waals surface area (Å²) in [7, 11) is 2.81. The third kappa shape index (κ3) is 7.23. The molecule has 0 aliphatic rings. The number of urea groups is 1. The fourth-order valence-corrected chi connectivity index (χ4v) is 5.07. The Kier molecular flexibility index (Phi) is 9.37. The predicted molar refractivity (Wildman–Crippen MR) is 184 cm³/mol. The molecule has 0 radical (unpaired) electrons. The fraction of sp³-hybridized carbons (Fsp3) is 0.167. The SMILES string of the molecule is COc1cc(Nc2cc(Oc3ccc(NC(=O)Nc4cc(C(C)(C)C)cc(C(N)=O)c4OC)c4ccccc34)ccn2)ccc1C(=O)O. The number of aromatic carboxylic acids is 1.